The van der Waals surface area contributed by atoms with E-state index in [1.54, 1.807) is 6.07 Å². The molecule has 2 unspecified atom stereocenters. The maximum atomic E-state index is 12.5. The van der Waals surface area contributed by atoms with Gasteiger partial charge in [0.25, 0.3) is 0 Å². The van der Waals surface area contributed by atoms with Crippen LogP contribution >= 0.6 is 11.3 Å². The Morgan fingerprint density at radius 3 is 2.90 bits per heavy atom. The summed E-state index contributed by atoms with van der Waals surface area (Å²) in [6.07, 6.45) is 1.73. The van der Waals surface area contributed by atoms with E-state index >= 15 is 0 Å². The van der Waals surface area contributed by atoms with E-state index in [0.717, 1.165) is 24.3 Å². The van der Waals surface area contributed by atoms with E-state index in [2.05, 4.69) is 28.9 Å². The molecule has 1 aromatic heterocycles. The average molecular weight is 317 g/mol. The van der Waals surface area contributed by atoms with Crippen molar-refractivity contribution in [3.63, 3.8) is 0 Å². The topological polar surface area (TPSA) is 61.4 Å². The number of thiophene rings is 1. The second-order valence-electron chi connectivity index (χ2n) is 5.41. The molecule has 0 bridgehead atoms. The Bertz CT molecular complexity index is 542. The van der Waals surface area contributed by atoms with E-state index in [4.69, 9.17) is 0 Å². The van der Waals surface area contributed by atoms with Gasteiger partial charge < -0.3 is 10.2 Å². The number of likely N-dealkylation sites (tertiary alicyclic amines) is 1. The Kier molecular flexibility index (Phi) is 5.19. The van der Waals surface area contributed by atoms with E-state index in [0.29, 0.717) is 17.5 Å². The molecule has 5 nitrogen and oxygen atoms in total. The van der Waals surface area contributed by atoms with Crippen LogP contribution in [0.15, 0.2) is 16.3 Å². The van der Waals surface area contributed by atoms with Crippen molar-refractivity contribution in [3.05, 3.63) is 16.3 Å². The number of sulfonamides is 1. The van der Waals surface area contributed by atoms with Gasteiger partial charge in [-0.3, -0.25) is 0 Å². The molecule has 1 aliphatic rings. The number of hydrogen-bond donors (Lipinski definition) is 2. The zero-order valence-electron chi connectivity index (χ0n) is 12.2. The molecule has 1 aromatic rings. The summed E-state index contributed by atoms with van der Waals surface area (Å²) in [7, 11) is 0.496. The highest BCUT2D eigenvalue weighted by molar-refractivity contribution is 7.89. The van der Waals surface area contributed by atoms with Crippen LogP contribution in [-0.4, -0.2) is 46.0 Å². The molecule has 0 aromatic carbocycles. The lowest BCUT2D eigenvalue weighted by molar-refractivity contribution is 0.178. The second-order valence-corrected chi connectivity index (χ2v) is 8.09. The largest absolute Gasteiger partial charge is 0.315 e. The zero-order valence-corrected chi connectivity index (χ0v) is 13.9. The number of piperidine rings is 1. The van der Waals surface area contributed by atoms with Crippen LogP contribution in [0.3, 0.4) is 0 Å². The summed E-state index contributed by atoms with van der Waals surface area (Å²) in [5.74, 6) is 0. The molecule has 7 heteroatoms. The van der Waals surface area contributed by atoms with E-state index in [9.17, 15) is 8.42 Å². The van der Waals surface area contributed by atoms with Crippen LogP contribution in [0.4, 0.5) is 0 Å². The molecule has 0 aliphatic carbocycles. The molecular weight excluding hydrogens is 294 g/mol. The van der Waals surface area contributed by atoms with Crippen molar-refractivity contribution < 1.29 is 8.42 Å². The summed E-state index contributed by atoms with van der Waals surface area (Å²) in [6, 6.07) is 2.14. The molecule has 0 saturated carbocycles. The maximum Gasteiger partial charge on any atom is 0.241 e. The summed E-state index contributed by atoms with van der Waals surface area (Å²) >= 11 is 1.47. The Balaban J connectivity index is 2.09. The third-order valence-corrected chi connectivity index (χ3v) is 6.52. The highest BCUT2D eigenvalue weighted by Gasteiger charge is 2.28. The summed E-state index contributed by atoms with van der Waals surface area (Å²) in [4.78, 5) is 3.55. The lowest BCUT2D eigenvalue weighted by Gasteiger charge is -2.35. The average Bonchev–Trinajstić information content (AvgIpc) is 2.83. The van der Waals surface area contributed by atoms with Gasteiger partial charge in [-0.05, 0) is 51.9 Å². The third-order valence-electron chi connectivity index (χ3n) is 3.86. The fraction of sp³-hybridized carbons (Fsp3) is 0.692. The van der Waals surface area contributed by atoms with Crippen LogP contribution in [0, 0.1) is 0 Å². The Hall–Kier alpha value is -0.470. The second kappa shape index (κ2) is 6.53. The maximum absolute atomic E-state index is 12.5. The molecule has 0 amide bonds. The molecule has 0 spiro atoms. The van der Waals surface area contributed by atoms with Crippen LogP contribution < -0.4 is 10.0 Å². The first-order chi connectivity index (χ1) is 9.44. The quantitative estimate of drug-likeness (QED) is 0.857. The highest BCUT2D eigenvalue weighted by atomic mass is 32.2. The number of rotatable bonds is 5. The van der Waals surface area contributed by atoms with E-state index < -0.39 is 10.0 Å². The van der Waals surface area contributed by atoms with Crippen LogP contribution in [0.5, 0.6) is 0 Å². The SMILES string of the molecule is CNCc1sccc1S(=O)(=O)NC1CCN(C)C(C)C1. The van der Waals surface area contributed by atoms with Crippen molar-refractivity contribution in [2.24, 2.45) is 0 Å². The molecule has 2 N–H and O–H groups in total. The fourth-order valence-corrected chi connectivity index (χ4v) is 5.28. The van der Waals surface area contributed by atoms with E-state index in [1.807, 2.05) is 12.4 Å². The highest BCUT2D eigenvalue weighted by Crippen LogP contribution is 2.24. The number of nitrogens with one attached hydrogen (secondary N) is 2. The number of nitrogens with zero attached hydrogens (tertiary/aromatic N) is 1. The van der Waals surface area contributed by atoms with Crippen molar-refractivity contribution in [1.82, 2.24) is 14.9 Å². The van der Waals surface area contributed by atoms with Crippen LogP contribution in [0.2, 0.25) is 0 Å². The van der Waals surface area contributed by atoms with Gasteiger partial charge in [-0.2, -0.15) is 0 Å². The lowest BCUT2D eigenvalue weighted by atomic mass is 10.0. The number of hydrogen-bond acceptors (Lipinski definition) is 5. The summed E-state index contributed by atoms with van der Waals surface area (Å²) in [5, 5.41) is 4.84. The predicted molar refractivity (Wildman–Crippen MR) is 82.5 cm³/mol. The summed E-state index contributed by atoms with van der Waals surface area (Å²) < 4.78 is 27.9. The van der Waals surface area contributed by atoms with Crippen LogP contribution in [-0.2, 0) is 16.6 Å². The normalized spacial score (nSPS) is 24.9. The van der Waals surface area contributed by atoms with Gasteiger partial charge in [0.15, 0.2) is 0 Å². The van der Waals surface area contributed by atoms with Crippen molar-refractivity contribution in [2.45, 2.75) is 43.3 Å². The summed E-state index contributed by atoms with van der Waals surface area (Å²) in [5.41, 5.74) is 0. The van der Waals surface area contributed by atoms with Gasteiger partial charge in [-0.1, -0.05) is 0 Å². The Morgan fingerprint density at radius 1 is 1.50 bits per heavy atom. The molecule has 1 aliphatic heterocycles. The van der Waals surface area contributed by atoms with E-state index in [-0.39, 0.29) is 6.04 Å². The van der Waals surface area contributed by atoms with Gasteiger partial charge in [0.05, 0.1) is 4.90 Å². The monoisotopic (exact) mass is 317 g/mol. The first-order valence-electron chi connectivity index (χ1n) is 6.87. The molecule has 1 fully saturated rings. The lowest BCUT2D eigenvalue weighted by Crippen LogP contribution is -2.47. The first-order valence-corrected chi connectivity index (χ1v) is 9.24. The molecule has 2 rings (SSSR count). The summed E-state index contributed by atoms with van der Waals surface area (Å²) in [6.45, 7) is 3.65. The van der Waals surface area contributed by atoms with Gasteiger partial charge in [0.2, 0.25) is 10.0 Å². The zero-order chi connectivity index (χ0) is 14.8. The standard InChI is InChI=1S/C13H23N3O2S2/c1-10-8-11(4-6-16(10)3)15-20(17,18)13-5-7-19-12(13)9-14-2/h5,7,10-11,14-15H,4,6,8-9H2,1-3H3. The Labute approximate surface area is 125 Å². The third kappa shape index (κ3) is 3.59. The van der Waals surface area contributed by atoms with Crippen molar-refractivity contribution in [1.29, 1.82) is 0 Å². The minimum absolute atomic E-state index is 0.0357. The van der Waals surface area contributed by atoms with Crippen molar-refractivity contribution in [3.8, 4) is 0 Å². The molecule has 20 heavy (non-hydrogen) atoms. The van der Waals surface area contributed by atoms with Crippen molar-refractivity contribution in [2.75, 3.05) is 20.6 Å². The van der Waals surface area contributed by atoms with E-state index in [1.165, 1.54) is 11.3 Å². The van der Waals surface area contributed by atoms with Crippen molar-refractivity contribution >= 4 is 21.4 Å². The first kappa shape index (κ1) is 15.9. The van der Waals surface area contributed by atoms with Gasteiger partial charge >= 0.3 is 0 Å². The minimum atomic E-state index is -3.41. The van der Waals surface area contributed by atoms with Gasteiger partial charge in [0, 0.05) is 23.5 Å². The molecule has 1 saturated heterocycles. The van der Waals surface area contributed by atoms with Gasteiger partial charge in [-0.15, -0.1) is 11.3 Å². The Morgan fingerprint density at radius 2 is 2.25 bits per heavy atom. The minimum Gasteiger partial charge on any atom is -0.315 e. The van der Waals surface area contributed by atoms with Gasteiger partial charge in [0.1, 0.15) is 0 Å². The molecule has 114 valence electrons. The van der Waals surface area contributed by atoms with Crippen LogP contribution in [0.25, 0.3) is 0 Å². The smallest absolute Gasteiger partial charge is 0.241 e. The van der Waals surface area contributed by atoms with Crippen LogP contribution in [0.1, 0.15) is 24.6 Å². The molecule has 2 heterocycles. The molecule has 0 radical (unpaired) electrons. The van der Waals surface area contributed by atoms with Gasteiger partial charge in [-0.25, -0.2) is 13.1 Å². The predicted octanol–water partition coefficient (Wildman–Crippen LogP) is 1.23. The molecular formula is C13H23N3O2S2. The fourth-order valence-electron chi connectivity index (χ4n) is 2.54. The molecule has 2 atom stereocenters.